The van der Waals surface area contributed by atoms with Crippen LogP contribution in [0.15, 0.2) is 12.2 Å². The first-order valence-corrected chi connectivity index (χ1v) is 10.1. The monoisotopic (exact) mass is 325 g/mol. The van der Waals surface area contributed by atoms with Crippen LogP contribution in [-0.4, -0.2) is 37.6 Å². The van der Waals surface area contributed by atoms with Gasteiger partial charge in [0.2, 0.25) is 0 Å². The summed E-state index contributed by atoms with van der Waals surface area (Å²) >= 11 is 0. The van der Waals surface area contributed by atoms with E-state index in [0.717, 1.165) is 26.2 Å². The van der Waals surface area contributed by atoms with Gasteiger partial charge >= 0.3 is 0 Å². The molecule has 23 heavy (non-hydrogen) atoms. The summed E-state index contributed by atoms with van der Waals surface area (Å²) in [5.74, 6) is 0. The minimum atomic E-state index is 0.744. The van der Waals surface area contributed by atoms with Crippen molar-refractivity contribution < 1.29 is 0 Å². The predicted octanol–water partition coefficient (Wildman–Crippen LogP) is 4.46. The van der Waals surface area contributed by atoms with Gasteiger partial charge in [-0.25, -0.2) is 0 Å². The van der Waals surface area contributed by atoms with Crippen LogP contribution in [0, 0.1) is 0 Å². The molecule has 0 amide bonds. The van der Waals surface area contributed by atoms with Gasteiger partial charge in [0, 0.05) is 26.2 Å². The molecular weight excluding hydrogens is 282 g/mol. The van der Waals surface area contributed by atoms with Gasteiger partial charge in [0.1, 0.15) is 0 Å². The molecule has 0 aliphatic rings. The molecule has 0 rings (SSSR count). The van der Waals surface area contributed by atoms with Crippen molar-refractivity contribution in [3.05, 3.63) is 12.2 Å². The molecule has 3 nitrogen and oxygen atoms in total. The summed E-state index contributed by atoms with van der Waals surface area (Å²) in [5.41, 5.74) is 11.2. The number of hydrogen-bond acceptors (Lipinski definition) is 3. The number of allylic oxidation sites excluding steroid dienone is 2. The smallest absolute Gasteiger partial charge is 0.0105 e. The Hall–Kier alpha value is -0.380. The number of rotatable bonds is 18. The molecular formula is C20H43N3. The molecule has 0 aliphatic heterocycles. The minimum Gasteiger partial charge on any atom is -0.329 e. The first kappa shape index (κ1) is 22.6. The third-order valence-corrected chi connectivity index (χ3v) is 4.38. The molecule has 0 unspecified atom stereocenters. The maximum absolute atomic E-state index is 5.62. The average molecular weight is 326 g/mol. The normalized spacial score (nSPS) is 11.8. The Kier molecular flexibility index (Phi) is 19.3. The first-order chi connectivity index (χ1) is 11.3. The van der Waals surface area contributed by atoms with E-state index in [-0.39, 0.29) is 0 Å². The number of hydrogen-bond donors (Lipinski definition) is 2. The quantitative estimate of drug-likeness (QED) is 0.289. The fourth-order valence-corrected chi connectivity index (χ4v) is 2.92. The second kappa shape index (κ2) is 19.7. The zero-order chi connectivity index (χ0) is 17.0. The summed E-state index contributed by atoms with van der Waals surface area (Å²) < 4.78 is 0. The SMILES string of the molecule is CCCC/C=C/CCCCCCCCCCN(CCN)CCN. The van der Waals surface area contributed by atoms with Crippen molar-refractivity contribution in [3.63, 3.8) is 0 Å². The molecule has 4 N–H and O–H groups in total. The molecule has 0 bridgehead atoms. The summed E-state index contributed by atoms with van der Waals surface area (Å²) in [4.78, 5) is 2.40. The van der Waals surface area contributed by atoms with Gasteiger partial charge in [0.05, 0.1) is 0 Å². The van der Waals surface area contributed by atoms with Crippen LogP contribution in [0.25, 0.3) is 0 Å². The van der Waals surface area contributed by atoms with Gasteiger partial charge in [-0.1, -0.05) is 70.4 Å². The molecule has 0 spiro atoms. The van der Waals surface area contributed by atoms with Gasteiger partial charge < -0.3 is 16.4 Å². The Morgan fingerprint density at radius 2 is 1.09 bits per heavy atom. The third kappa shape index (κ3) is 17.8. The van der Waals surface area contributed by atoms with Gasteiger partial charge in [0.15, 0.2) is 0 Å². The average Bonchev–Trinajstić information content (AvgIpc) is 2.55. The number of nitrogens with two attached hydrogens (primary N) is 2. The second-order valence-electron chi connectivity index (χ2n) is 6.65. The minimum absolute atomic E-state index is 0.744. The molecule has 0 heterocycles. The summed E-state index contributed by atoms with van der Waals surface area (Å²) in [6.45, 7) is 6.89. The van der Waals surface area contributed by atoms with E-state index in [1.165, 1.54) is 83.6 Å². The fourth-order valence-electron chi connectivity index (χ4n) is 2.92. The molecule has 138 valence electrons. The van der Waals surface area contributed by atoms with Gasteiger partial charge in [-0.3, -0.25) is 0 Å². The van der Waals surface area contributed by atoms with E-state index in [0.29, 0.717) is 0 Å². The van der Waals surface area contributed by atoms with Crippen molar-refractivity contribution >= 4 is 0 Å². The van der Waals surface area contributed by atoms with Crippen molar-refractivity contribution in [2.24, 2.45) is 11.5 Å². The van der Waals surface area contributed by atoms with E-state index in [9.17, 15) is 0 Å². The predicted molar refractivity (Wildman–Crippen MR) is 105 cm³/mol. The highest BCUT2D eigenvalue weighted by molar-refractivity contribution is 4.81. The van der Waals surface area contributed by atoms with E-state index in [1.54, 1.807) is 0 Å². The Morgan fingerprint density at radius 1 is 0.609 bits per heavy atom. The van der Waals surface area contributed by atoms with Crippen molar-refractivity contribution in [2.45, 2.75) is 84.0 Å². The Balaban J connectivity index is 3.22. The third-order valence-electron chi connectivity index (χ3n) is 4.38. The van der Waals surface area contributed by atoms with Crippen LogP contribution in [-0.2, 0) is 0 Å². The standard InChI is InChI=1S/C20H43N3/c1-2-3-4-5-6-7-8-9-10-11-12-13-14-15-18-23(19-16-21)20-17-22/h5-6H,2-4,7-22H2,1H3/b6-5+. The molecule has 0 saturated carbocycles. The zero-order valence-electron chi connectivity index (χ0n) is 15.8. The molecule has 0 fully saturated rings. The van der Waals surface area contributed by atoms with E-state index in [1.807, 2.05) is 0 Å². The maximum atomic E-state index is 5.62. The Morgan fingerprint density at radius 3 is 1.61 bits per heavy atom. The van der Waals surface area contributed by atoms with E-state index in [4.69, 9.17) is 11.5 Å². The van der Waals surface area contributed by atoms with Crippen LogP contribution < -0.4 is 11.5 Å². The van der Waals surface area contributed by atoms with Gasteiger partial charge in [-0.05, 0) is 32.2 Å². The molecule has 0 aromatic heterocycles. The van der Waals surface area contributed by atoms with Gasteiger partial charge in [-0.15, -0.1) is 0 Å². The Bertz CT molecular complexity index is 235. The van der Waals surface area contributed by atoms with Crippen LogP contribution in [0.3, 0.4) is 0 Å². The van der Waals surface area contributed by atoms with Crippen LogP contribution in [0.2, 0.25) is 0 Å². The number of unbranched alkanes of at least 4 members (excludes halogenated alkanes) is 10. The highest BCUT2D eigenvalue weighted by atomic mass is 15.1. The molecule has 0 radical (unpaired) electrons. The van der Waals surface area contributed by atoms with Crippen LogP contribution in [0.4, 0.5) is 0 Å². The van der Waals surface area contributed by atoms with Gasteiger partial charge in [-0.2, -0.15) is 0 Å². The Labute approximate surface area is 145 Å². The topological polar surface area (TPSA) is 55.3 Å². The molecule has 0 saturated heterocycles. The molecule has 0 aromatic carbocycles. The summed E-state index contributed by atoms with van der Waals surface area (Å²) in [7, 11) is 0. The fraction of sp³-hybridized carbons (Fsp3) is 0.900. The lowest BCUT2D eigenvalue weighted by molar-refractivity contribution is 0.281. The van der Waals surface area contributed by atoms with Crippen molar-refractivity contribution in [1.29, 1.82) is 0 Å². The first-order valence-electron chi connectivity index (χ1n) is 10.1. The van der Waals surface area contributed by atoms with Crippen LogP contribution >= 0.6 is 0 Å². The molecule has 0 aliphatic carbocycles. The van der Waals surface area contributed by atoms with Crippen LogP contribution in [0.1, 0.15) is 84.0 Å². The van der Waals surface area contributed by atoms with E-state index < -0.39 is 0 Å². The van der Waals surface area contributed by atoms with Crippen molar-refractivity contribution in [3.8, 4) is 0 Å². The number of nitrogens with zero attached hydrogens (tertiary/aromatic N) is 1. The molecule has 0 aromatic rings. The summed E-state index contributed by atoms with van der Waals surface area (Å²) in [6, 6.07) is 0. The zero-order valence-corrected chi connectivity index (χ0v) is 15.8. The molecule has 3 heteroatoms. The summed E-state index contributed by atoms with van der Waals surface area (Å²) in [6.07, 6.45) is 21.0. The lowest BCUT2D eigenvalue weighted by Crippen LogP contribution is -2.34. The lowest BCUT2D eigenvalue weighted by Gasteiger charge is -2.20. The van der Waals surface area contributed by atoms with E-state index in [2.05, 4.69) is 24.0 Å². The molecule has 0 atom stereocenters. The highest BCUT2D eigenvalue weighted by Gasteiger charge is 2.01. The van der Waals surface area contributed by atoms with Crippen molar-refractivity contribution in [2.75, 3.05) is 32.7 Å². The largest absolute Gasteiger partial charge is 0.329 e. The summed E-state index contributed by atoms with van der Waals surface area (Å²) in [5, 5.41) is 0. The van der Waals surface area contributed by atoms with Gasteiger partial charge in [0.25, 0.3) is 0 Å². The maximum Gasteiger partial charge on any atom is 0.0105 e. The van der Waals surface area contributed by atoms with Crippen LogP contribution in [0.5, 0.6) is 0 Å². The highest BCUT2D eigenvalue weighted by Crippen LogP contribution is 2.10. The second-order valence-corrected chi connectivity index (χ2v) is 6.65. The lowest BCUT2D eigenvalue weighted by atomic mass is 10.1. The van der Waals surface area contributed by atoms with E-state index >= 15 is 0 Å². The van der Waals surface area contributed by atoms with Crippen molar-refractivity contribution in [1.82, 2.24) is 4.90 Å².